The molecule has 0 heterocycles. The number of nitrogens with zero attached hydrogens (tertiary/aromatic N) is 1. The fraction of sp³-hybridized carbons (Fsp3) is 0.556. The maximum Gasteiger partial charge on any atom is 0.407 e. The Morgan fingerprint density at radius 1 is 1.12 bits per heavy atom. The van der Waals surface area contributed by atoms with Crippen LogP contribution in [-0.2, 0) is 22.6 Å². The van der Waals surface area contributed by atoms with Crippen molar-refractivity contribution in [1.29, 1.82) is 0 Å². The molecule has 24 heavy (non-hydrogen) atoms. The molecule has 0 aromatic heterocycles. The summed E-state index contributed by atoms with van der Waals surface area (Å²) in [6.45, 7) is 9.56. The van der Waals surface area contributed by atoms with E-state index in [-0.39, 0.29) is 5.91 Å². The zero-order chi connectivity index (χ0) is 18.2. The summed E-state index contributed by atoms with van der Waals surface area (Å²) in [6.07, 6.45) is -0.441. The number of nitrogens with one attached hydrogen (secondary N) is 2. The number of benzene rings is 1. The van der Waals surface area contributed by atoms with E-state index in [0.29, 0.717) is 19.6 Å². The number of hydrogen-bond acceptors (Lipinski definition) is 4. The first-order valence-electron chi connectivity index (χ1n) is 8.19. The minimum Gasteiger partial charge on any atom is -0.444 e. The lowest BCUT2D eigenvalue weighted by Crippen LogP contribution is -2.34. The van der Waals surface area contributed by atoms with Crippen molar-refractivity contribution in [2.45, 2.75) is 46.4 Å². The quantitative estimate of drug-likeness (QED) is 0.802. The van der Waals surface area contributed by atoms with Gasteiger partial charge in [-0.1, -0.05) is 31.2 Å². The highest BCUT2D eigenvalue weighted by molar-refractivity contribution is 5.77. The average Bonchev–Trinajstić information content (AvgIpc) is 2.49. The summed E-state index contributed by atoms with van der Waals surface area (Å²) in [5.74, 6) is -0.00312. The summed E-state index contributed by atoms with van der Waals surface area (Å²) in [7, 11) is 1.91. The first kappa shape index (κ1) is 20.0. The van der Waals surface area contributed by atoms with E-state index in [0.717, 1.165) is 17.7 Å². The minimum absolute atomic E-state index is 0.00312. The molecule has 6 heteroatoms. The molecule has 0 spiro atoms. The zero-order valence-corrected chi connectivity index (χ0v) is 15.3. The Morgan fingerprint density at radius 2 is 1.71 bits per heavy atom. The lowest BCUT2D eigenvalue weighted by molar-refractivity contribution is -0.122. The standard InChI is InChI=1S/C18H29N3O3/c1-6-21(5)13-16(22)19-11-14-8-7-9-15(10-14)12-20-17(23)24-18(2,3)4/h7-10H,6,11-13H2,1-5H3,(H,19,22)(H,20,23). The van der Waals surface area contributed by atoms with Crippen molar-refractivity contribution in [1.82, 2.24) is 15.5 Å². The van der Waals surface area contributed by atoms with E-state index in [1.807, 2.05) is 63.9 Å². The Kier molecular flexibility index (Phi) is 7.71. The number of carbonyl (C=O) groups excluding carboxylic acids is 2. The number of ether oxygens (including phenoxy) is 1. The van der Waals surface area contributed by atoms with Crippen molar-refractivity contribution in [3.63, 3.8) is 0 Å². The summed E-state index contributed by atoms with van der Waals surface area (Å²) >= 11 is 0. The second-order valence-electron chi connectivity index (χ2n) is 6.78. The second kappa shape index (κ2) is 9.27. The number of alkyl carbamates (subject to hydrolysis) is 1. The highest BCUT2D eigenvalue weighted by Gasteiger charge is 2.15. The van der Waals surface area contributed by atoms with Gasteiger partial charge in [-0.15, -0.1) is 0 Å². The van der Waals surface area contributed by atoms with Crippen LogP contribution in [0.4, 0.5) is 4.79 Å². The smallest absolute Gasteiger partial charge is 0.407 e. The Hall–Kier alpha value is -2.08. The number of rotatable bonds is 7. The van der Waals surface area contributed by atoms with Crippen molar-refractivity contribution >= 4 is 12.0 Å². The molecule has 1 aromatic rings. The Balaban J connectivity index is 2.46. The van der Waals surface area contributed by atoms with Crippen molar-refractivity contribution in [2.75, 3.05) is 20.1 Å². The fourth-order valence-corrected chi connectivity index (χ4v) is 1.95. The van der Waals surface area contributed by atoms with Crippen LogP contribution in [0.15, 0.2) is 24.3 Å². The van der Waals surface area contributed by atoms with Gasteiger partial charge in [-0.05, 0) is 45.5 Å². The molecule has 0 saturated heterocycles. The summed E-state index contributed by atoms with van der Waals surface area (Å²) < 4.78 is 5.20. The molecule has 6 nitrogen and oxygen atoms in total. The van der Waals surface area contributed by atoms with Crippen LogP contribution in [0.3, 0.4) is 0 Å². The van der Waals surface area contributed by atoms with Crippen LogP contribution in [-0.4, -0.2) is 42.6 Å². The van der Waals surface area contributed by atoms with Crippen LogP contribution < -0.4 is 10.6 Å². The normalized spacial score (nSPS) is 11.2. The first-order valence-corrected chi connectivity index (χ1v) is 8.19. The topological polar surface area (TPSA) is 70.7 Å². The van der Waals surface area contributed by atoms with Crippen molar-refractivity contribution in [3.8, 4) is 0 Å². The van der Waals surface area contributed by atoms with Gasteiger partial charge in [0, 0.05) is 13.1 Å². The van der Waals surface area contributed by atoms with Crippen LogP contribution in [0.5, 0.6) is 0 Å². The molecular weight excluding hydrogens is 306 g/mol. The summed E-state index contributed by atoms with van der Waals surface area (Å²) in [5, 5.41) is 5.62. The van der Waals surface area contributed by atoms with Gasteiger partial charge < -0.3 is 15.4 Å². The summed E-state index contributed by atoms with van der Waals surface area (Å²) in [6, 6.07) is 7.74. The molecule has 0 atom stereocenters. The van der Waals surface area contributed by atoms with E-state index in [9.17, 15) is 9.59 Å². The van der Waals surface area contributed by atoms with Gasteiger partial charge >= 0.3 is 6.09 Å². The van der Waals surface area contributed by atoms with E-state index in [2.05, 4.69) is 10.6 Å². The Labute approximate surface area is 144 Å². The molecule has 0 fully saturated rings. The molecule has 2 amide bonds. The van der Waals surface area contributed by atoms with Crippen molar-refractivity contribution in [2.24, 2.45) is 0 Å². The predicted octanol–water partition coefficient (Wildman–Crippen LogP) is 2.28. The molecule has 1 rings (SSSR count). The molecule has 0 unspecified atom stereocenters. The van der Waals surface area contributed by atoms with Crippen molar-refractivity contribution in [3.05, 3.63) is 35.4 Å². The third-order valence-corrected chi connectivity index (χ3v) is 3.27. The third-order valence-electron chi connectivity index (χ3n) is 3.27. The largest absolute Gasteiger partial charge is 0.444 e. The van der Waals surface area contributed by atoms with Gasteiger partial charge in [-0.25, -0.2) is 4.79 Å². The molecule has 1 aromatic carbocycles. The number of carbonyl (C=O) groups is 2. The molecule has 134 valence electrons. The summed E-state index contributed by atoms with van der Waals surface area (Å²) in [5.41, 5.74) is 1.44. The van der Waals surface area contributed by atoms with Crippen LogP contribution >= 0.6 is 0 Å². The lowest BCUT2D eigenvalue weighted by atomic mass is 10.1. The van der Waals surface area contributed by atoms with Crippen LogP contribution in [0.1, 0.15) is 38.8 Å². The molecule has 0 saturated carbocycles. The number of hydrogen-bond donors (Lipinski definition) is 2. The van der Waals surface area contributed by atoms with Gasteiger partial charge in [0.1, 0.15) is 5.60 Å². The maximum atomic E-state index is 11.8. The van der Waals surface area contributed by atoms with E-state index < -0.39 is 11.7 Å². The Morgan fingerprint density at radius 3 is 2.25 bits per heavy atom. The molecular formula is C18H29N3O3. The second-order valence-corrected chi connectivity index (χ2v) is 6.78. The maximum absolute atomic E-state index is 11.8. The highest BCUT2D eigenvalue weighted by Crippen LogP contribution is 2.08. The Bertz CT molecular complexity index is 553. The lowest BCUT2D eigenvalue weighted by Gasteiger charge is -2.19. The van der Waals surface area contributed by atoms with E-state index >= 15 is 0 Å². The molecule has 2 N–H and O–H groups in total. The van der Waals surface area contributed by atoms with E-state index in [1.54, 1.807) is 0 Å². The first-order chi connectivity index (χ1) is 11.2. The number of likely N-dealkylation sites (N-methyl/N-ethyl adjacent to an activating group) is 1. The van der Waals surface area contributed by atoms with Gasteiger partial charge in [0.2, 0.25) is 5.91 Å². The van der Waals surface area contributed by atoms with Gasteiger partial charge in [0.25, 0.3) is 0 Å². The van der Waals surface area contributed by atoms with E-state index in [1.165, 1.54) is 0 Å². The fourth-order valence-electron chi connectivity index (χ4n) is 1.95. The van der Waals surface area contributed by atoms with Crippen LogP contribution in [0, 0.1) is 0 Å². The van der Waals surface area contributed by atoms with E-state index in [4.69, 9.17) is 4.74 Å². The molecule has 0 aliphatic rings. The molecule has 0 bridgehead atoms. The molecule has 0 aliphatic carbocycles. The van der Waals surface area contributed by atoms with Gasteiger partial charge in [-0.2, -0.15) is 0 Å². The minimum atomic E-state index is -0.512. The third kappa shape index (κ3) is 8.53. The molecule has 0 aliphatic heterocycles. The highest BCUT2D eigenvalue weighted by atomic mass is 16.6. The summed E-state index contributed by atoms with van der Waals surface area (Å²) in [4.78, 5) is 25.4. The molecule has 0 radical (unpaired) electrons. The van der Waals surface area contributed by atoms with Gasteiger partial charge in [0.05, 0.1) is 6.54 Å². The van der Waals surface area contributed by atoms with Crippen LogP contribution in [0.25, 0.3) is 0 Å². The van der Waals surface area contributed by atoms with Gasteiger partial charge in [-0.3, -0.25) is 9.69 Å². The van der Waals surface area contributed by atoms with Gasteiger partial charge in [0.15, 0.2) is 0 Å². The average molecular weight is 335 g/mol. The number of amides is 2. The predicted molar refractivity (Wildman–Crippen MR) is 94.5 cm³/mol. The zero-order valence-electron chi connectivity index (χ0n) is 15.3. The van der Waals surface area contributed by atoms with Crippen molar-refractivity contribution < 1.29 is 14.3 Å². The SMILES string of the molecule is CCN(C)CC(=O)NCc1cccc(CNC(=O)OC(C)(C)C)c1. The van der Waals surface area contributed by atoms with Crippen LogP contribution in [0.2, 0.25) is 0 Å². The monoisotopic (exact) mass is 335 g/mol.